The third-order valence-electron chi connectivity index (χ3n) is 8.06. The zero-order valence-electron chi connectivity index (χ0n) is 25.4. The van der Waals surface area contributed by atoms with Crippen LogP contribution in [0, 0.1) is 5.92 Å². The van der Waals surface area contributed by atoms with Crippen LogP contribution < -0.4 is 15.6 Å². The van der Waals surface area contributed by atoms with Gasteiger partial charge in [-0.05, 0) is 60.4 Å². The number of carbonyl (C=O) groups excluding carboxylic acids is 1. The lowest BCUT2D eigenvalue weighted by Crippen LogP contribution is -2.27. The number of halogens is 1. The van der Waals surface area contributed by atoms with Crippen molar-refractivity contribution in [2.45, 2.75) is 32.2 Å². The summed E-state index contributed by atoms with van der Waals surface area (Å²) in [6, 6.07) is 17.1. The van der Waals surface area contributed by atoms with Gasteiger partial charge >= 0.3 is 0 Å². The lowest BCUT2D eigenvalue weighted by Gasteiger charge is -2.22. The maximum Gasteiger partial charge on any atom is 0.254 e. The fourth-order valence-corrected chi connectivity index (χ4v) is 6.55. The van der Waals surface area contributed by atoms with Crippen LogP contribution in [0.25, 0.3) is 33.6 Å². The van der Waals surface area contributed by atoms with Crippen LogP contribution >= 0.6 is 11.6 Å². The van der Waals surface area contributed by atoms with E-state index in [1.54, 1.807) is 52.0 Å². The monoisotopic (exact) mass is 657 g/mol. The molecule has 2 atom stereocenters. The summed E-state index contributed by atoms with van der Waals surface area (Å²) >= 11 is 6.41. The first-order valence-electron chi connectivity index (χ1n) is 14.7. The summed E-state index contributed by atoms with van der Waals surface area (Å²) in [6.07, 6.45) is 7.82. The molecule has 2 N–H and O–H groups in total. The summed E-state index contributed by atoms with van der Waals surface area (Å²) < 4.78 is 29.4. The molecule has 1 amide bonds. The van der Waals surface area contributed by atoms with Gasteiger partial charge in [-0.3, -0.25) is 28.5 Å². The molecule has 4 heterocycles. The highest BCUT2D eigenvalue weighted by Crippen LogP contribution is 2.35. The van der Waals surface area contributed by atoms with Gasteiger partial charge in [-0.1, -0.05) is 43.1 Å². The van der Waals surface area contributed by atoms with Crippen molar-refractivity contribution in [1.29, 1.82) is 0 Å². The van der Waals surface area contributed by atoms with Gasteiger partial charge in [-0.2, -0.15) is 5.10 Å². The van der Waals surface area contributed by atoms with Crippen molar-refractivity contribution in [3.8, 4) is 33.6 Å². The first-order chi connectivity index (χ1) is 22.0. The number of hydrogen-bond donors (Lipinski definition) is 2. The van der Waals surface area contributed by atoms with Crippen molar-refractivity contribution in [2.75, 3.05) is 16.3 Å². The number of aromatic nitrogens is 5. The summed E-state index contributed by atoms with van der Waals surface area (Å²) in [5, 5.41) is 7.84. The van der Waals surface area contributed by atoms with Gasteiger partial charge in [0.05, 0.1) is 47.6 Å². The fourth-order valence-electron chi connectivity index (χ4n) is 5.82. The molecule has 0 fully saturated rings. The van der Waals surface area contributed by atoms with E-state index in [1.807, 2.05) is 38.2 Å². The molecule has 0 radical (unpaired) electrons. The quantitative estimate of drug-likeness (QED) is 0.245. The first-order valence-corrected chi connectivity index (χ1v) is 17.0. The van der Waals surface area contributed by atoms with E-state index in [0.29, 0.717) is 52.6 Å². The highest BCUT2D eigenvalue weighted by molar-refractivity contribution is 7.92. The predicted molar refractivity (Wildman–Crippen MR) is 179 cm³/mol. The van der Waals surface area contributed by atoms with Crippen LogP contribution in [0.5, 0.6) is 0 Å². The summed E-state index contributed by atoms with van der Waals surface area (Å²) in [5.41, 5.74) is 5.49. The Morgan fingerprint density at radius 2 is 1.80 bits per heavy atom. The maximum absolute atomic E-state index is 13.9. The van der Waals surface area contributed by atoms with Crippen molar-refractivity contribution in [3.05, 3.63) is 100 Å². The summed E-state index contributed by atoms with van der Waals surface area (Å²) in [5.74, 6) is -0.331. The Labute approximate surface area is 271 Å². The number of carbonyl (C=O) groups is 1. The molecule has 236 valence electrons. The maximum atomic E-state index is 13.9. The van der Waals surface area contributed by atoms with Crippen LogP contribution in [0.2, 0.25) is 5.02 Å². The molecular formula is C33H32ClN7O4S. The molecule has 0 saturated heterocycles. The number of nitrogens with zero attached hydrogens (tertiary/aromatic N) is 5. The number of benzene rings is 2. The molecule has 5 aromatic rings. The highest BCUT2D eigenvalue weighted by Gasteiger charge is 2.24. The molecule has 6 rings (SSSR count). The highest BCUT2D eigenvalue weighted by atomic mass is 35.5. The Morgan fingerprint density at radius 1 is 0.978 bits per heavy atom. The smallest absolute Gasteiger partial charge is 0.254 e. The first kappa shape index (κ1) is 31.2. The zero-order chi connectivity index (χ0) is 32.6. The Kier molecular flexibility index (Phi) is 8.49. The molecule has 11 nitrogen and oxygen atoms in total. The molecule has 2 aromatic carbocycles. The number of rotatable bonds is 5. The number of anilines is 2. The Morgan fingerprint density at radius 3 is 2.59 bits per heavy atom. The average molecular weight is 658 g/mol. The normalized spacial score (nSPS) is 16.9. The molecule has 13 heteroatoms. The minimum atomic E-state index is -3.47. The zero-order valence-corrected chi connectivity index (χ0v) is 27.0. The standard InChI is InChI=1S/C33H32ClN7O4S/c1-20-6-4-9-30(28-15-22(12-13-35-28)32-29(38-33(20)43)18-37-40(32)2)41-19-36-27(17-31(41)42)26-16-23(34)10-11-25(26)21-7-5-8-24(14-21)39-46(3,44)45/h5,7-8,10-20,30,39H,4,6,9H2,1-3H3,(H,38,43). The molecule has 1 aliphatic rings. The number of amides is 1. The van der Waals surface area contributed by atoms with Gasteiger partial charge in [0, 0.05) is 47.1 Å². The Balaban J connectivity index is 1.42. The van der Waals surface area contributed by atoms with E-state index in [1.165, 1.54) is 12.4 Å². The van der Waals surface area contributed by atoms with Gasteiger partial charge in [0.25, 0.3) is 5.56 Å². The molecule has 2 bridgehead atoms. The van der Waals surface area contributed by atoms with Gasteiger partial charge in [-0.15, -0.1) is 0 Å². The average Bonchev–Trinajstić information content (AvgIpc) is 3.37. The van der Waals surface area contributed by atoms with Crippen LogP contribution in [0.1, 0.15) is 37.9 Å². The molecule has 2 unspecified atom stereocenters. The van der Waals surface area contributed by atoms with E-state index < -0.39 is 16.1 Å². The number of hydrogen-bond acceptors (Lipinski definition) is 7. The lowest BCUT2D eigenvalue weighted by atomic mass is 9.96. The molecule has 46 heavy (non-hydrogen) atoms. The van der Waals surface area contributed by atoms with E-state index in [2.05, 4.69) is 20.1 Å². The Bertz CT molecular complexity index is 2130. The van der Waals surface area contributed by atoms with Crippen LogP contribution in [0.3, 0.4) is 0 Å². The second kappa shape index (κ2) is 12.5. The number of aryl methyl sites for hydroxylation is 1. The SMILES string of the molecule is CC1CCCC(n2cnc(-c3cc(Cl)ccc3-c3cccc(NS(C)(=O)=O)c3)cc2=O)c2cc(ccn2)-c2c(cnn2C)NC1=O. The Hall–Kier alpha value is -4.81. The van der Waals surface area contributed by atoms with Gasteiger partial charge in [0.2, 0.25) is 15.9 Å². The number of sulfonamides is 1. The van der Waals surface area contributed by atoms with Gasteiger partial charge in [0.1, 0.15) is 0 Å². The topological polar surface area (TPSA) is 141 Å². The van der Waals surface area contributed by atoms with Crippen molar-refractivity contribution < 1.29 is 13.2 Å². The van der Waals surface area contributed by atoms with E-state index in [4.69, 9.17) is 16.6 Å². The number of fused-ring (bicyclic) bond motifs is 4. The van der Waals surface area contributed by atoms with Gasteiger partial charge in [-0.25, -0.2) is 13.4 Å². The van der Waals surface area contributed by atoms with Crippen molar-refractivity contribution in [2.24, 2.45) is 13.0 Å². The van der Waals surface area contributed by atoms with E-state index in [9.17, 15) is 18.0 Å². The molecule has 1 aliphatic heterocycles. The minimum Gasteiger partial charge on any atom is -0.323 e. The largest absolute Gasteiger partial charge is 0.323 e. The van der Waals surface area contributed by atoms with Gasteiger partial charge < -0.3 is 5.32 Å². The molecular weight excluding hydrogens is 626 g/mol. The van der Waals surface area contributed by atoms with Crippen LogP contribution in [0.4, 0.5) is 11.4 Å². The summed E-state index contributed by atoms with van der Waals surface area (Å²) in [4.78, 5) is 36.2. The minimum absolute atomic E-state index is 0.0844. The fraction of sp³-hybridized carbons (Fsp3) is 0.242. The second-order valence-electron chi connectivity index (χ2n) is 11.5. The van der Waals surface area contributed by atoms with Crippen molar-refractivity contribution in [3.63, 3.8) is 0 Å². The van der Waals surface area contributed by atoms with E-state index in [-0.39, 0.29) is 17.4 Å². The van der Waals surface area contributed by atoms with Crippen LogP contribution in [-0.4, -0.2) is 44.9 Å². The van der Waals surface area contributed by atoms with Crippen molar-refractivity contribution >= 4 is 38.9 Å². The molecule has 0 aliphatic carbocycles. The number of nitrogens with one attached hydrogen (secondary N) is 2. The number of pyridine rings is 1. The summed E-state index contributed by atoms with van der Waals surface area (Å²) in [6.45, 7) is 1.89. The van der Waals surface area contributed by atoms with Gasteiger partial charge in [0.15, 0.2) is 0 Å². The summed E-state index contributed by atoms with van der Waals surface area (Å²) in [7, 11) is -1.66. The van der Waals surface area contributed by atoms with Crippen LogP contribution in [-0.2, 0) is 21.9 Å². The predicted octanol–water partition coefficient (Wildman–Crippen LogP) is 5.75. The molecule has 3 aromatic heterocycles. The second-order valence-corrected chi connectivity index (χ2v) is 13.7. The van der Waals surface area contributed by atoms with E-state index >= 15 is 0 Å². The molecule has 0 spiro atoms. The van der Waals surface area contributed by atoms with E-state index in [0.717, 1.165) is 28.6 Å². The third-order valence-corrected chi connectivity index (χ3v) is 8.90. The van der Waals surface area contributed by atoms with Crippen LogP contribution in [0.15, 0.2) is 84.2 Å². The van der Waals surface area contributed by atoms with Crippen molar-refractivity contribution in [1.82, 2.24) is 24.3 Å². The molecule has 0 saturated carbocycles. The third kappa shape index (κ3) is 6.58. The lowest BCUT2D eigenvalue weighted by molar-refractivity contribution is -0.119.